The van der Waals surface area contributed by atoms with Crippen molar-refractivity contribution in [2.75, 3.05) is 6.26 Å². The Morgan fingerprint density at radius 1 is 1.13 bits per heavy atom. The van der Waals surface area contributed by atoms with Gasteiger partial charge in [-0.15, -0.1) is 11.8 Å². The van der Waals surface area contributed by atoms with Gasteiger partial charge in [-0.1, -0.05) is 23.8 Å². The molecule has 78 valence electrons. The second-order valence-corrected chi connectivity index (χ2v) is 4.72. The molecule has 2 aromatic rings. The number of benzene rings is 2. The predicted molar refractivity (Wildman–Crippen MR) is 75.1 cm³/mol. The average Bonchev–Trinajstić information content (AvgIpc) is 2.27. The second-order valence-electron chi connectivity index (χ2n) is 3.43. The lowest BCUT2D eigenvalue weighted by Crippen LogP contribution is -1.82. The van der Waals surface area contributed by atoms with Crippen molar-refractivity contribution in [2.45, 2.75) is 11.8 Å². The van der Waals surface area contributed by atoms with Gasteiger partial charge < -0.3 is 3.07 Å². The number of hydrogen-bond donors (Lipinski definition) is 0. The summed E-state index contributed by atoms with van der Waals surface area (Å²) in [7, 11) is 0. The Labute approximate surface area is 108 Å². The van der Waals surface area contributed by atoms with Gasteiger partial charge in [-0.25, -0.2) is 0 Å². The van der Waals surface area contributed by atoms with E-state index < -0.39 is 0 Å². The lowest BCUT2D eigenvalue weighted by molar-refractivity contribution is 0.698. The van der Waals surface area contributed by atoms with Crippen molar-refractivity contribution in [3.05, 3.63) is 35.9 Å². The van der Waals surface area contributed by atoms with Gasteiger partial charge in [0, 0.05) is 0 Å². The van der Waals surface area contributed by atoms with E-state index in [1.807, 2.05) is 23.0 Å². The first-order valence-electron chi connectivity index (χ1n) is 4.61. The van der Waals surface area contributed by atoms with Gasteiger partial charge in [-0.2, -0.15) is 0 Å². The molecule has 0 bridgehead atoms. The maximum Gasteiger partial charge on any atom is 0.192 e. The third kappa shape index (κ3) is 2.23. The number of thioether (sulfide) groups is 1. The molecule has 1 nitrogen and oxygen atoms in total. The van der Waals surface area contributed by atoms with Crippen LogP contribution in [-0.4, -0.2) is 6.26 Å². The van der Waals surface area contributed by atoms with Crippen molar-refractivity contribution in [2.24, 2.45) is 0 Å². The maximum absolute atomic E-state index is 5.32. The van der Waals surface area contributed by atoms with Crippen LogP contribution >= 0.6 is 34.8 Å². The van der Waals surface area contributed by atoms with Crippen LogP contribution in [0.5, 0.6) is 5.75 Å². The zero-order valence-electron chi connectivity index (χ0n) is 8.58. The summed E-state index contributed by atoms with van der Waals surface area (Å²) < 4.78 is 5.32. The summed E-state index contributed by atoms with van der Waals surface area (Å²) in [5.74, 6) is 0.944. The zero-order valence-corrected chi connectivity index (χ0v) is 11.6. The van der Waals surface area contributed by atoms with Crippen LogP contribution in [-0.2, 0) is 0 Å². The van der Waals surface area contributed by atoms with Gasteiger partial charge in [0.1, 0.15) is 5.75 Å². The van der Waals surface area contributed by atoms with Gasteiger partial charge in [-0.05, 0) is 36.1 Å². The van der Waals surface area contributed by atoms with Crippen molar-refractivity contribution in [1.29, 1.82) is 0 Å². The van der Waals surface area contributed by atoms with Crippen LogP contribution in [0.3, 0.4) is 0 Å². The molecule has 0 aliphatic rings. The molecule has 0 unspecified atom stereocenters. The highest BCUT2D eigenvalue weighted by Crippen LogP contribution is 2.33. The lowest BCUT2D eigenvalue weighted by atomic mass is 10.1. The van der Waals surface area contributed by atoms with E-state index in [-0.39, 0.29) is 0 Å². The normalized spacial score (nSPS) is 10.6. The molecule has 0 aromatic heterocycles. The first-order chi connectivity index (χ1) is 7.24. The largest absolute Gasteiger partial charge is 0.426 e. The first kappa shape index (κ1) is 11.1. The molecule has 0 amide bonds. The van der Waals surface area contributed by atoms with Gasteiger partial charge in [0.25, 0.3) is 0 Å². The fourth-order valence-corrected chi connectivity index (χ4v) is 2.66. The van der Waals surface area contributed by atoms with Crippen LogP contribution in [0.1, 0.15) is 5.56 Å². The van der Waals surface area contributed by atoms with Crippen LogP contribution in [0, 0.1) is 6.92 Å². The fraction of sp³-hybridized carbons (Fsp3) is 0.167. The quantitative estimate of drug-likeness (QED) is 0.588. The molecule has 0 atom stereocenters. The van der Waals surface area contributed by atoms with Crippen molar-refractivity contribution < 1.29 is 3.07 Å². The molecule has 0 heterocycles. The summed E-state index contributed by atoms with van der Waals surface area (Å²) in [6.45, 7) is 2.11. The van der Waals surface area contributed by atoms with E-state index in [2.05, 4.69) is 43.5 Å². The molecular formula is C12H11IOS. The van der Waals surface area contributed by atoms with Crippen LogP contribution < -0.4 is 3.07 Å². The van der Waals surface area contributed by atoms with E-state index in [1.165, 1.54) is 21.2 Å². The van der Waals surface area contributed by atoms with E-state index in [1.54, 1.807) is 11.8 Å². The van der Waals surface area contributed by atoms with E-state index in [0.717, 1.165) is 5.75 Å². The van der Waals surface area contributed by atoms with E-state index in [4.69, 9.17) is 3.07 Å². The number of aryl methyl sites for hydroxylation is 1. The molecule has 3 heteroatoms. The molecular weight excluding hydrogens is 319 g/mol. The summed E-state index contributed by atoms with van der Waals surface area (Å²) in [4.78, 5) is 1.18. The van der Waals surface area contributed by atoms with E-state index in [9.17, 15) is 0 Å². The second kappa shape index (κ2) is 4.61. The number of rotatable bonds is 2. The van der Waals surface area contributed by atoms with Crippen molar-refractivity contribution in [3.8, 4) is 5.75 Å². The Kier molecular flexibility index (Phi) is 3.41. The van der Waals surface area contributed by atoms with Crippen molar-refractivity contribution >= 4 is 45.5 Å². The third-order valence-corrected chi connectivity index (χ3v) is 3.59. The van der Waals surface area contributed by atoms with Crippen LogP contribution in [0.2, 0.25) is 0 Å². The molecule has 2 rings (SSSR count). The monoisotopic (exact) mass is 330 g/mol. The molecule has 0 radical (unpaired) electrons. The van der Waals surface area contributed by atoms with Crippen molar-refractivity contribution in [1.82, 2.24) is 0 Å². The Hall–Kier alpha value is -0.420. The first-order valence-corrected chi connectivity index (χ1v) is 6.72. The Morgan fingerprint density at radius 2 is 1.93 bits per heavy atom. The summed E-state index contributed by atoms with van der Waals surface area (Å²) in [6.07, 6.45) is 2.07. The van der Waals surface area contributed by atoms with Crippen LogP contribution in [0.15, 0.2) is 35.2 Å². The Morgan fingerprint density at radius 3 is 2.60 bits per heavy atom. The zero-order chi connectivity index (χ0) is 10.8. The molecule has 0 aliphatic heterocycles. The minimum Gasteiger partial charge on any atom is -0.426 e. The molecule has 0 saturated heterocycles. The Bertz CT molecular complexity index is 496. The highest BCUT2D eigenvalue weighted by molar-refractivity contribution is 14.1. The topological polar surface area (TPSA) is 9.23 Å². The molecule has 0 N–H and O–H groups in total. The minimum absolute atomic E-state index is 0.944. The highest BCUT2D eigenvalue weighted by Gasteiger charge is 2.04. The minimum atomic E-state index is 0.944. The molecule has 15 heavy (non-hydrogen) atoms. The van der Waals surface area contributed by atoms with E-state index >= 15 is 0 Å². The number of halogens is 1. The SMILES string of the molecule is CSc1cc2cc(C)ccc2cc1OI. The fourth-order valence-electron chi connectivity index (χ4n) is 1.60. The smallest absolute Gasteiger partial charge is 0.192 e. The Balaban J connectivity index is 2.69. The summed E-state index contributed by atoms with van der Waals surface area (Å²) in [5.41, 5.74) is 1.29. The van der Waals surface area contributed by atoms with Crippen LogP contribution in [0.25, 0.3) is 10.8 Å². The van der Waals surface area contributed by atoms with Gasteiger partial charge in [-0.3, -0.25) is 0 Å². The van der Waals surface area contributed by atoms with E-state index in [0.29, 0.717) is 0 Å². The summed E-state index contributed by atoms with van der Waals surface area (Å²) >= 11 is 3.64. The third-order valence-electron chi connectivity index (χ3n) is 2.36. The maximum atomic E-state index is 5.32. The molecule has 0 fully saturated rings. The van der Waals surface area contributed by atoms with Crippen molar-refractivity contribution in [3.63, 3.8) is 0 Å². The highest BCUT2D eigenvalue weighted by atomic mass is 127. The number of hydrogen-bond acceptors (Lipinski definition) is 2. The van der Waals surface area contributed by atoms with Gasteiger partial charge in [0.05, 0.1) is 4.90 Å². The average molecular weight is 330 g/mol. The van der Waals surface area contributed by atoms with Crippen LogP contribution in [0.4, 0.5) is 0 Å². The number of fused-ring (bicyclic) bond motifs is 1. The predicted octanol–water partition coefficient (Wildman–Crippen LogP) is 4.60. The molecule has 0 spiro atoms. The lowest BCUT2D eigenvalue weighted by Gasteiger charge is -2.07. The summed E-state index contributed by atoms with van der Waals surface area (Å²) in [5, 5.41) is 2.50. The van der Waals surface area contributed by atoms with Gasteiger partial charge in [0.2, 0.25) is 0 Å². The van der Waals surface area contributed by atoms with Gasteiger partial charge in [0.15, 0.2) is 23.0 Å². The summed E-state index contributed by atoms with van der Waals surface area (Å²) in [6, 6.07) is 10.7. The van der Waals surface area contributed by atoms with Gasteiger partial charge >= 0.3 is 0 Å². The standard InChI is InChI=1S/C12H11IOS/c1-8-3-4-9-6-11(14-13)12(15-2)7-10(9)5-8/h3-7H,1-2H3. The molecule has 2 aromatic carbocycles. The molecule has 0 aliphatic carbocycles. The molecule has 0 saturated carbocycles.